The van der Waals surface area contributed by atoms with Crippen molar-refractivity contribution >= 4 is 17.1 Å². The molecule has 3 rings (SSSR count). The normalized spacial score (nSPS) is 24.8. The van der Waals surface area contributed by atoms with Crippen molar-refractivity contribution < 1.29 is 19.7 Å². The zero-order chi connectivity index (χ0) is 20.6. The van der Waals surface area contributed by atoms with E-state index in [2.05, 4.69) is 10.3 Å². The van der Waals surface area contributed by atoms with Gasteiger partial charge in [0.15, 0.2) is 23.5 Å². The molecular weight excluding hydrogens is 370 g/mol. The highest BCUT2D eigenvalue weighted by Crippen LogP contribution is 2.31. The molecule has 11 heteroatoms. The third-order valence-corrected chi connectivity index (χ3v) is 5.01. The molecule has 4 unspecified atom stereocenters. The Morgan fingerprint density at radius 2 is 1.96 bits per heavy atom. The Kier molecular flexibility index (Phi) is 5.68. The fraction of sp³-hybridized carbons (Fsp3) is 0.647. The first-order valence-corrected chi connectivity index (χ1v) is 9.30. The number of hydrogen-bond acceptors (Lipinski definition) is 7. The van der Waals surface area contributed by atoms with E-state index in [4.69, 9.17) is 4.74 Å². The van der Waals surface area contributed by atoms with Crippen molar-refractivity contribution in [2.24, 2.45) is 0 Å². The quantitative estimate of drug-likeness (QED) is 0.543. The SMILES string of the molecule is CCCCn1c(=O)n(CC)c(=O)c2c1ncn2C1OC(C(=O)NC)C(O)C1O. The van der Waals surface area contributed by atoms with E-state index >= 15 is 0 Å². The molecule has 2 aromatic rings. The summed E-state index contributed by atoms with van der Waals surface area (Å²) in [5.74, 6) is -0.593. The van der Waals surface area contributed by atoms with Gasteiger partial charge in [-0.15, -0.1) is 0 Å². The molecule has 0 radical (unpaired) electrons. The van der Waals surface area contributed by atoms with Gasteiger partial charge in [0.25, 0.3) is 11.5 Å². The number of carbonyl (C=O) groups is 1. The molecule has 28 heavy (non-hydrogen) atoms. The van der Waals surface area contributed by atoms with Gasteiger partial charge in [-0.3, -0.25) is 23.3 Å². The van der Waals surface area contributed by atoms with Gasteiger partial charge in [-0.25, -0.2) is 9.78 Å². The number of aryl methyl sites for hydroxylation is 1. The molecule has 0 spiro atoms. The van der Waals surface area contributed by atoms with Crippen molar-refractivity contribution in [2.45, 2.75) is 64.3 Å². The summed E-state index contributed by atoms with van der Waals surface area (Å²) >= 11 is 0. The van der Waals surface area contributed by atoms with Crippen LogP contribution in [0.15, 0.2) is 15.9 Å². The molecule has 0 saturated carbocycles. The van der Waals surface area contributed by atoms with Gasteiger partial charge in [0.05, 0.1) is 6.33 Å². The van der Waals surface area contributed by atoms with E-state index in [9.17, 15) is 24.6 Å². The van der Waals surface area contributed by atoms with Crippen LogP contribution in [0.25, 0.3) is 11.2 Å². The topological polar surface area (TPSA) is 141 Å². The van der Waals surface area contributed by atoms with Crippen LogP contribution in [0.5, 0.6) is 0 Å². The Bertz CT molecular complexity index is 992. The van der Waals surface area contributed by atoms with E-state index < -0.39 is 41.7 Å². The molecule has 0 bridgehead atoms. The minimum absolute atomic E-state index is 0.0753. The summed E-state index contributed by atoms with van der Waals surface area (Å²) < 4.78 is 9.34. The van der Waals surface area contributed by atoms with E-state index in [1.54, 1.807) is 6.92 Å². The minimum atomic E-state index is -1.47. The van der Waals surface area contributed by atoms with Gasteiger partial charge in [0, 0.05) is 20.1 Å². The number of likely N-dealkylation sites (N-methyl/N-ethyl adjacent to an activating group) is 1. The lowest BCUT2D eigenvalue weighted by molar-refractivity contribution is -0.137. The Labute approximate surface area is 160 Å². The van der Waals surface area contributed by atoms with E-state index in [-0.39, 0.29) is 17.7 Å². The Morgan fingerprint density at radius 1 is 1.25 bits per heavy atom. The molecule has 3 heterocycles. The number of ether oxygens (including phenoxy) is 1. The van der Waals surface area contributed by atoms with Gasteiger partial charge < -0.3 is 20.3 Å². The second-order valence-corrected chi connectivity index (χ2v) is 6.70. The third kappa shape index (κ3) is 3.05. The fourth-order valence-corrected chi connectivity index (χ4v) is 3.44. The van der Waals surface area contributed by atoms with E-state index in [0.29, 0.717) is 6.54 Å². The maximum absolute atomic E-state index is 12.9. The van der Waals surface area contributed by atoms with Crippen LogP contribution in [0.3, 0.4) is 0 Å². The predicted molar refractivity (Wildman–Crippen MR) is 98.8 cm³/mol. The number of nitrogens with one attached hydrogen (secondary N) is 1. The van der Waals surface area contributed by atoms with Crippen molar-refractivity contribution in [2.75, 3.05) is 7.05 Å². The van der Waals surface area contributed by atoms with Crippen LogP contribution in [0.4, 0.5) is 0 Å². The third-order valence-electron chi connectivity index (χ3n) is 5.01. The van der Waals surface area contributed by atoms with Gasteiger partial charge in [0.1, 0.15) is 12.2 Å². The van der Waals surface area contributed by atoms with Crippen LogP contribution in [0.2, 0.25) is 0 Å². The smallest absolute Gasteiger partial charge is 0.332 e. The number of imidazole rings is 1. The summed E-state index contributed by atoms with van der Waals surface area (Å²) in [5.41, 5.74) is -0.760. The average Bonchev–Trinajstić information content (AvgIpc) is 3.24. The van der Waals surface area contributed by atoms with Crippen LogP contribution in [-0.4, -0.2) is 60.2 Å². The number of aliphatic hydroxyl groups is 2. The molecule has 4 atom stereocenters. The fourth-order valence-electron chi connectivity index (χ4n) is 3.44. The van der Waals surface area contributed by atoms with Gasteiger partial charge in [-0.1, -0.05) is 13.3 Å². The number of aromatic nitrogens is 4. The number of fused-ring (bicyclic) bond motifs is 1. The molecule has 3 N–H and O–H groups in total. The highest BCUT2D eigenvalue weighted by molar-refractivity contribution is 5.81. The van der Waals surface area contributed by atoms with Crippen molar-refractivity contribution in [1.29, 1.82) is 0 Å². The van der Waals surface area contributed by atoms with Gasteiger partial charge >= 0.3 is 5.69 Å². The average molecular weight is 395 g/mol. The predicted octanol–water partition coefficient (Wildman–Crippen LogP) is -1.46. The summed E-state index contributed by atoms with van der Waals surface area (Å²) in [5, 5.41) is 22.9. The highest BCUT2D eigenvalue weighted by Gasteiger charge is 2.47. The Hall–Kier alpha value is -2.50. The van der Waals surface area contributed by atoms with E-state index in [1.165, 1.54) is 22.5 Å². The monoisotopic (exact) mass is 395 g/mol. The van der Waals surface area contributed by atoms with Crippen molar-refractivity contribution in [3.63, 3.8) is 0 Å². The Balaban J connectivity index is 2.17. The van der Waals surface area contributed by atoms with Crippen molar-refractivity contribution in [3.05, 3.63) is 27.2 Å². The zero-order valence-electron chi connectivity index (χ0n) is 16.0. The van der Waals surface area contributed by atoms with Crippen LogP contribution in [0.1, 0.15) is 32.9 Å². The molecule has 1 saturated heterocycles. The lowest BCUT2D eigenvalue weighted by atomic mass is 10.1. The summed E-state index contributed by atoms with van der Waals surface area (Å²) in [6.07, 6.45) is -2.55. The van der Waals surface area contributed by atoms with Gasteiger partial charge in [0.2, 0.25) is 0 Å². The lowest BCUT2D eigenvalue weighted by Gasteiger charge is -2.17. The molecule has 11 nitrogen and oxygen atoms in total. The first kappa shape index (κ1) is 20.2. The standard InChI is InChI=1S/C17H25N5O6/c1-4-6-7-21-13-9(15(26)20(5-2)17(21)27)22(8-19-13)16-11(24)10(23)12(28-16)14(25)18-3/h8,10-12,16,23-24H,4-7H2,1-3H3,(H,18,25). The number of carbonyl (C=O) groups excluding carboxylic acids is 1. The first-order valence-electron chi connectivity index (χ1n) is 9.30. The summed E-state index contributed by atoms with van der Waals surface area (Å²) in [6, 6.07) is 0. The number of nitrogens with zero attached hydrogens (tertiary/aromatic N) is 4. The largest absolute Gasteiger partial charge is 0.387 e. The number of amides is 1. The summed E-state index contributed by atoms with van der Waals surface area (Å²) in [7, 11) is 1.39. The van der Waals surface area contributed by atoms with Crippen LogP contribution in [0, 0.1) is 0 Å². The maximum atomic E-state index is 12.9. The van der Waals surface area contributed by atoms with Crippen molar-refractivity contribution in [1.82, 2.24) is 24.0 Å². The summed E-state index contributed by atoms with van der Waals surface area (Å²) in [6.45, 7) is 4.23. The van der Waals surface area contributed by atoms with Crippen LogP contribution >= 0.6 is 0 Å². The number of unbranched alkanes of at least 4 members (excludes halogenated alkanes) is 1. The Morgan fingerprint density at radius 3 is 2.57 bits per heavy atom. The van der Waals surface area contributed by atoms with Gasteiger partial charge in [-0.05, 0) is 13.3 Å². The summed E-state index contributed by atoms with van der Waals surface area (Å²) in [4.78, 5) is 41.7. The maximum Gasteiger partial charge on any atom is 0.332 e. The van der Waals surface area contributed by atoms with E-state index in [1.807, 2.05) is 6.92 Å². The lowest BCUT2D eigenvalue weighted by Crippen LogP contribution is -2.41. The zero-order valence-corrected chi connectivity index (χ0v) is 16.0. The van der Waals surface area contributed by atoms with Crippen molar-refractivity contribution in [3.8, 4) is 0 Å². The molecule has 154 valence electrons. The second kappa shape index (κ2) is 7.86. The number of aliphatic hydroxyl groups excluding tert-OH is 2. The number of rotatable bonds is 6. The van der Waals surface area contributed by atoms with Crippen LogP contribution < -0.4 is 16.6 Å². The highest BCUT2D eigenvalue weighted by atomic mass is 16.6. The second-order valence-electron chi connectivity index (χ2n) is 6.70. The minimum Gasteiger partial charge on any atom is -0.387 e. The molecule has 1 amide bonds. The molecular formula is C17H25N5O6. The number of hydrogen-bond donors (Lipinski definition) is 3. The van der Waals surface area contributed by atoms with Crippen LogP contribution in [-0.2, 0) is 22.6 Å². The molecule has 0 aromatic carbocycles. The molecule has 1 fully saturated rings. The molecule has 2 aromatic heterocycles. The molecule has 1 aliphatic heterocycles. The first-order chi connectivity index (χ1) is 13.4. The molecule has 1 aliphatic rings. The molecule has 0 aliphatic carbocycles. The van der Waals surface area contributed by atoms with E-state index in [0.717, 1.165) is 17.4 Å². The van der Waals surface area contributed by atoms with Gasteiger partial charge in [-0.2, -0.15) is 0 Å².